The fraction of sp³-hybridized carbons (Fsp3) is 0.269. The van der Waals surface area contributed by atoms with Gasteiger partial charge >= 0.3 is 5.97 Å². The summed E-state index contributed by atoms with van der Waals surface area (Å²) in [4.78, 5) is 24.6. The van der Waals surface area contributed by atoms with E-state index in [1.165, 1.54) is 49.9 Å². The van der Waals surface area contributed by atoms with E-state index in [4.69, 9.17) is 15.9 Å². The maximum absolute atomic E-state index is 13.7. The quantitative estimate of drug-likeness (QED) is 0.0867. The normalized spacial score (nSPS) is 11.2. The average molecular weight is 608 g/mol. The molecule has 0 aliphatic carbocycles. The predicted octanol–water partition coefficient (Wildman–Crippen LogP) is 4.81. The van der Waals surface area contributed by atoms with E-state index in [1.807, 2.05) is 6.92 Å². The fourth-order valence-corrected chi connectivity index (χ4v) is 8.34. The highest BCUT2D eigenvalue weighted by Crippen LogP contribution is 2.40. The number of rotatable bonds is 12. The number of methoxy groups -OCH3 is 2. The molecule has 4 N–H and O–H groups in total. The highest BCUT2D eigenvalue weighted by atomic mass is 32.2. The first-order chi connectivity index (χ1) is 18.5. The van der Waals surface area contributed by atoms with Crippen LogP contribution >= 0.6 is 34.9 Å². The Morgan fingerprint density at radius 2 is 1.90 bits per heavy atom. The zero-order chi connectivity index (χ0) is 28.7. The van der Waals surface area contributed by atoms with Crippen LogP contribution in [-0.4, -0.2) is 58.1 Å². The molecular weight excluding hydrogens is 579 g/mol. The molecule has 1 heterocycles. The molecular formula is C26H29N3O6S4. The zero-order valence-corrected chi connectivity index (χ0v) is 25.1. The summed E-state index contributed by atoms with van der Waals surface area (Å²) in [5.41, 5.74) is 8.10. The Bertz CT molecular complexity index is 1500. The number of amidine groups is 1. The van der Waals surface area contributed by atoms with Gasteiger partial charge in [0.15, 0.2) is 0 Å². The second-order valence-corrected chi connectivity index (χ2v) is 13.4. The number of thiophene rings is 1. The highest BCUT2D eigenvalue weighted by Gasteiger charge is 2.26. The Labute approximate surface area is 240 Å². The number of sulfone groups is 1. The molecule has 0 aliphatic heterocycles. The molecule has 0 aliphatic rings. The van der Waals surface area contributed by atoms with Gasteiger partial charge in [-0.2, -0.15) is 11.8 Å². The predicted molar refractivity (Wildman–Crippen MR) is 158 cm³/mol. The van der Waals surface area contributed by atoms with Gasteiger partial charge in [0.1, 0.15) is 11.6 Å². The number of anilines is 1. The Morgan fingerprint density at radius 3 is 2.54 bits per heavy atom. The smallest absolute Gasteiger partial charge is 0.306 e. The lowest BCUT2D eigenvalue weighted by molar-refractivity contribution is -0.140. The van der Waals surface area contributed by atoms with Crippen LogP contribution in [-0.2, 0) is 24.2 Å². The Balaban J connectivity index is 1.98. The number of nitrogen functional groups attached to an aromatic ring is 1. The molecule has 9 nitrogen and oxygen atoms in total. The summed E-state index contributed by atoms with van der Waals surface area (Å²) in [7, 11) is -1.09. The third kappa shape index (κ3) is 7.35. The molecule has 0 radical (unpaired) electrons. The van der Waals surface area contributed by atoms with Gasteiger partial charge in [0, 0.05) is 17.4 Å². The van der Waals surface area contributed by atoms with Crippen LogP contribution in [0, 0.1) is 12.3 Å². The van der Waals surface area contributed by atoms with Gasteiger partial charge in [0.2, 0.25) is 15.7 Å². The molecule has 0 unspecified atom stereocenters. The maximum Gasteiger partial charge on any atom is 0.306 e. The molecule has 3 rings (SSSR count). The van der Waals surface area contributed by atoms with Gasteiger partial charge < -0.3 is 20.5 Å². The van der Waals surface area contributed by atoms with Crippen LogP contribution in [0.3, 0.4) is 0 Å². The van der Waals surface area contributed by atoms with Gasteiger partial charge in [-0.1, -0.05) is 12.1 Å². The lowest BCUT2D eigenvalue weighted by Gasteiger charge is -2.17. The number of hydrogen-bond acceptors (Lipinski definition) is 10. The molecule has 0 atom stereocenters. The van der Waals surface area contributed by atoms with Crippen molar-refractivity contribution in [3.05, 3.63) is 52.9 Å². The van der Waals surface area contributed by atoms with E-state index in [9.17, 15) is 18.0 Å². The third-order valence-electron chi connectivity index (χ3n) is 5.57. The number of esters is 1. The molecule has 39 heavy (non-hydrogen) atoms. The third-order valence-corrected chi connectivity index (χ3v) is 10.9. The Kier molecular flexibility index (Phi) is 10.5. The minimum atomic E-state index is -3.93. The van der Waals surface area contributed by atoms with Crippen LogP contribution in [0.15, 0.2) is 56.5 Å². The van der Waals surface area contributed by atoms with Crippen molar-refractivity contribution in [3.63, 3.8) is 0 Å². The largest absolute Gasteiger partial charge is 0.497 e. The van der Waals surface area contributed by atoms with E-state index in [-0.39, 0.29) is 39.7 Å². The average Bonchev–Trinajstić information content (AvgIpc) is 3.37. The van der Waals surface area contributed by atoms with E-state index in [1.54, 1.807) is 36.6 Å². The van der Waals surface area contributed by atoms with Crippen LogP contribution in [0.25, 0.3) is 11.1 Å². The van der Waals surface area contributed by atoms with Gasteiger partial charge in [-0.3, -0.25) is 15.0 Å². The second kappa shape index (κ2) is 13.4. The number of benzene rings is 2. The van der Waals surface area contributed by atoms with Crippen molar-refractivity contribution in [1.29, 1.82) is 5.41 Å². The fourth-order valence-electron chi connectivity index (χ4n) is 3.73. The number of carbonyl (C=O) groups excluding carboxylic acids is 2. The summed E-state index contributed by atoms with van der Waals surface area (Å²) in [5.74, 6) is 0.289. The van der Waals surface area contributed by atoms with Crippen LogP contribution in [0.5, 0.6) is 5.75 Å². The standard InChI is InChI=1S/C26H29N3O6S4/c1-15-10-17(34-2)12-19(29-22(30)14-37-9-8-23(31)35-3)24(15)16-6-5-7-18(11-16)39(32,33)21-13-20(25(27)28)38-26(21)36-4/h5-7,10-13H,8-9,14H2,1-4H3,(H3,27,28)(H,29,30). The zero-order valence-electron chi connectivity index (χ0n) is 21.8. The molecule has 1 aromatic heterocycles. The van der Waals surface area contributed by atoms with E-state index in [0.29, 0.717) is 37.4 Å². The van der Waals surface area contributed by atoms with Crippen molar-refractivity contribution >= 4 is 68.1 Å². The Morgan fingerprint density at radius 1 is 1.15 bits per heavy atom. The summed E-state index contributed by atoms with van der Waals surface area (Å²) in [5, 5.41) is 10.6. The van der Waals surface area contributed by atoms with E-state index < -0.39 is 9.84 Å². The van der Waals surface area contributed by atoms with Crippen molar-refractivity contribution in [1.82, 2.24) is 0 Å². The molecule has 1 amide bonds. The van der Waals surface area contributed by atoms with Crippen molar-refractivity contribution in [2.75, 3.05) is 37.3 Å². The number of nitrogens with one attached hydrogen (secondary N) is 2. The lowest BCUT2D eigenvalue weighted by atomic mass is 9.98. The van der Waals surface area contributed by atoms with E-state index >= 15 is 0 Å². The molecule has 0 spiro atoms. The molecule has 0 bridgehead atoms. The van der Waals surface area contributed by atoms with Crippen molar-refractivity contribution < 1.29 is 27.5 Å². The van der Waals surface area contributed by atoms with Crippen molar-refractivity contribution in [2.45, 2.75) is 27.3 Å². The first-order valence-electron chi connectivity index (χ1n) is 11.5. The number of carbonyl (C=O) groups is 2. The second-order valence-electron chi connectivity index (χ2n) is 8.21. The molecule has 13 heteroatoms. The van der Waals surface area contributed by atoms with Crippen LogP contribution in [0.4, 0.5) is 5.69 Å². The molecule has 0 fully saturated rings. The van der Waals surface area contributed by atoms with E-state index in [2.05, 4.69) is 10.1 Å². The number of hydrogen-bond donors (Lipinski definition) is 3. The molecule has 2 aromatic carbocycles. The summed E-state index contributed by atoms with van der Waals surface area (Å²) < 4.78 is 37.9. The summed E-state index contributed by atoms with van der Waals surface area (Å²) >= 11 is 3.74. The van der Waals surface area contributed by atoms with Crippen LogP contribution in [0.1, 0.15) is 16.9 Å². The number of aryl methyl sites for hydroxylation is 1. The minimum absolute atomic E-state index is 0.0778. The van der Waals surface area contributed by atoms with Gasteiger partial charge in [0.25, 0.3) is 0 Å². The van der Waals surface area contributed by atoms with Crippen LogP contribution in [0.2, 0.25) is 0 Å². The van der Waals surface area contributed by atoms with Gasteiger partial charge in [-0.05, 0) is 48.6 Å². The van der Waals surface area contributed by atoms with E-state index in [0.717, 1.165) is 16.9 Å². The van der Waals surface area contributed by atoms with Gasteiger partial charge in [-0.25, -0.2) is 8.42 Å². The van der Waals surface area contributed by atoms with Gasteiger partial charge in [0.05, 0.1) is 51.0 Å². The van der Waals surface area contributed by atoms with Crippen LogP contribution < -0.4 is 15.8 Å². The summed E-state index contributed by atoms with van der Waals surface area (Å²) in [6.07, 6.45) is 1.98. The monoisotopic (exact) mass is 607 g/mol. The first kappa shape index (κ1) is 30.5. The number of ether oxygens (including phenoxy) is 2. The SMILES string of the molecule is COC(=O)CCSCC(=O)Nc1cc(OC)cc(C)c1-c1cccc(S(=O)(=O)c2cc(C(=N)N)sc2SC)c1. The lowest BCUT2D eigenvalue weighted by Crippen LogP contribution is -2.16. The van der Waals surface area contributed by atoms with Crippen molar-refractivity contribution in [3.8, 4) is 16.9 Å². The first-order valence-corrected chi connectivity index (χ1v) is 16.2. The molecule has 3 aromatic rings. The van der Waals surface area contributed by atoms with Gasteiger partial charge in [-0.15, -0.1) is 23.1 Å². The number of thioether (sulfide) groups is 2. The summed E-state index contributed by atoms with van der Waals surface area (Å²) in [6, 6.07) is 11.4. The topological polar surface area (TPSA) is 149 Å². The summed E-state index contributed by atoms with van der Waals surface area (Å²) in [6.45, 7) is 1.85. The highest BCUT2D eigenvalue weighted by molar-refractivity contribution is 8.01. The molecule has 0 saturated heterocycles. The maximum atomic E-state index is 13.7. The number of amides is 1. The Hall–Kier alpha value is -3.00. The number of nitrogens with two attached hydrogens (primary N) is 1. The molecule has 0 saturated carbocycles. The minimum Gasteiger partial charge on any atom is -0.497 e. The molecule has 208 valence electrons. The van der Waals surface area contributed by atoms with Crippen molar-refractivity contribution in [2.24, 2.45) is 5.73 Å².